The van der Waals surface area contributed by atoms with Gasteiger partial charge in [-0.3, -0.25) is 0 Å². The summed E-state index contributed by atoms with van der Waals surface area (Å²) >= 11 is 0. The van der Waals surface area contributed by atoms with Crippen LogP contribution in [0, 0.1) is 0 Å². The summed E-state index contributed by atoms with van der Waals surface area (Å²) in [4.78, 5) is 0. The summed E-state index contributed by atoms with van der Waals surface area (Å²) in [6, 6.07) is 0.728. The normalized spacial score (nSPS) is 14.8. The molecular formula is C11H33NO3Si4. The Balaban J connectivity index is 5.34. The van der Waals surface area contributed by atoms with Gasteiger partial charge in [0, 0.05) is 6.04 Å². The van der Waals surface area contributed by atoms with Gasteiger partial charge in [-0.05, 0) is 65.5 Å². The van der Waals surface area contributed by atoms with Gasteiger partial charge in [0.1, 0.15) is 0 Å². The SMILES string of the molecule is C[Si](C)(C)O[Si](CCN)(O[Si](C)(C)C)O[Si](C)(C)C. The molecule has 0 amide bonds. The van der Waals surface area contributed by atoms with E-state index in [4.69, 9.17) is 18.1 Å². The van der Waals surface area contributed by atoms with E-state index in [0.29, 0.717) is 6.54 Å². The standard InChI is InChI=1S/C11H33NO3Si4/c1-16(2,3)13-19(11-10-12,14-17(4,5)6)15-18(7,8)9/h10-12H2,1-9H3. The predicted octanol–water partition coefficient (Wildman–Crippen LogP) is 3.44. The molecule has 4 nitrogen and oxygen atoms in total. The van der Waals surface area contributed by atoms with Gasteiger partial charge in [-0.25, -0.2) is 0 Å². The Morgan fingerprint density at radius 2 is 0.895 bits per heavy atom. The predicted molar refractivity (Wildman–Crippen MR) is 92.9 cm³/mol. The second-order valence-electron chi connectivity index (χ2n) is 7.86. The van der Waals surface area contributed by atoms with Crippen molar-refractivity contribution < 1.29 is 12.3 Å². The molecule has 0 aromatic heterocycles. The zero-order chi connectivity index (χ0) is 15.5. The Labute approximate surface area is 123 Å². The van der Waals surface area contributed by atoms with Crippen molar-refractivity contribution in [3.63, 3.8) is 0 Å². The van der Waals surface area contributed by atoms with Crippen LogP contribution in [0.4, 0.5) is 0 Å². The van der Waals surface area contributed by atoms with Crippen LogP contribution < -0.4 is 5.73 Å². The van der Waals surface area contributed by atoms with Crippen LogP contribution in [-0.4, -0.2) is 40.3 Å². The molecule has 19 heavy (non-hydrogen) atoms. The first-order valence-electron chi connectivity index (χ1n) is 6.99. The molecule has 0 saturated carbocycles. The summed E-state index contributed by atoms with van der Waals surface area (Å²) in [5.74, 6) is 0. The molecule has 0 radical (unpaired) electrons. The van der Waals surface area contributed by atoms with Crippen LogP contribution in [0.3, 0.4) is 0 Å². The molecule has 0 rings (SSSR count). The minimum Gasteiger partial charge on any atom is -0.417 e. The zero-order valence-electron chi connectivity index (χ0n) is 14.2. The highest BCUT2D eigenvalue weighted by Crippen LogP contribution is 2.28. The summed E-state index contributed by atoms with van der Waals surface area (Å²) in [6.07, 6.45) is 0. The summed E-state index contributed by atoms with van der Waals surface area (Å²) in [7, 11) is -7.83. The minimum absolute atomic E-state index is 0.561. The molecule has 0 aromatic carbocycles. The largest absolute Gasteiger partial charge is 0.470 e. The monoisotopic (exact) mass is 339 g/mol. The van der Waals surface area contributed by atoms with Gasteiger partial charge in [0.05, 0.1) is 0 Å². The Kier molecular flexibility index (Phi) is 6.89. The lowest BCUT2D eigenvalue weighted by Gasteiger charge is -2.42. The van der Waals surface area contributed by atoms with Crippen LogP contribution in [0.15, 0.2) is 0 Å². The molecular weight excluding hydrogens is 306 g/mol. The van der Waals surface area contributed by atoms with E-state index >= 15 is 0 Å². The highest BCUT2D eigenvalue weighted by Gasteiger charge is 2.49. The first-order valence-corrected chi connectivity index (χ1v) is 19.1. The van der Waals surface area contributed by atoms with Gasteiger partial charge in [-0.15, -0.1) is 0 Å². The van der Waals surface area contributed by atoms with Crippen LogP contribution >= 0.6 is 0 Å². The number of nitrogens with two attached hydrogens (primary N) is 1. The second-order valence-corrected chi connectivity index (χ2v) is 24.9. The molecule has 2 N–H and O–H groups in total. The second kappa shape index (κ2) is 6.65. The van der Waals surface area contributed by atoms with E-state index in [-0.39, 0.29) is 0 Å². The zero-order valence-corrected chi connectivity index (χ0v) is 18.2. The molecule has 0 fully saturated rings. The molecule has 0 aromatic rings. The van der Waals surface area contributed by atoms with E-state index in [1.807, 2.05) is 0 Å². The maximum Gasteiger partial charge on any atom is 0.470 e. The van der Waals surface area contributed by atoms with Crippen molar-refractivity contribution in [2.24, 2.45) is 5.73 Å². The maximum atomic E-state index is 6.44. The van der Waals surface area contributed by atoms with Gasteiger partial charge in [0.15, 0.2) is 25.0 Å². The van der Waals surface area contributed by atoms with Gasteiger partial charge >= 0.3 is 8.80 Å². The Morgan fingerprint density at radius 1 is 0.632 bits per heavy atom. The third-order valence-electron chi connectivity index (χ3n) is 1.84. The molecule has 8 heteroatoms. The van der Waals surface area contributed by atoms with Crippen molar-refractivity contribution in [2.45, 2.75) is 65.0 Å². The van der Waals surface area contributed by atoms with E-state index in [1.165, 1.54) is 0 Å². The van der Waals surface area contributed by atoms with Gasteiger partial charge < -0.3 is 18.1 Å². The first-order chi connectivity index (χ1) is 8.18. The van der Waals surface area contributed by atoms with E-state index < -0.39 is 33.8 Å². The van der Waals surface area contributed by atoms with Gasteiger partial charge in [0.25, 0.3) is 0 Å². The van der Waals surface area contributed by atoms with E-state index in [2.05, 4.69) is 58.9 Å². The maximum absolute atomic E-state index is 6.44. The Bertz CT molecular complexity index is 240. The average Bonchev–Trinajstić information content (AvgIpc) is 1.90. The molecule has 0 atom stereocenters. The number of hydrogen-bond donors (Lipinski definition) is 1. The van der Waals surface area contributed by atoms with Crippen molar-refractivity contribution in [1.29, 1.82) is 0 Å². The molecule has 116 valence electrons. The molecule has 0 aliphatic carbocycles. The molecule has 0 unspecified atom stereocenters. The highest BCUT2D eigenvalue weighted by atomic mass is 28.5. The lowest BCUT2D eigenvalue weighted by molar-refractivity contribution is 0.253. The van der Waals surface area contributed by atoms with Crippen LogP contribution in [-0.2, 0) is 12.3 Å². The van der Waals surface area contributed by atoms with Gasteiger partial charge in [-0.2, -0.15) is 0 Å². The smallest absolute Gasteiger partial charge is 0.417 e. The molecule has 0 aliphatic rings. The fraction of sp³-hybridized carbons (Fsp3) is 1.00. The minimum atomic E-state index is -2.64. The molecule has 0 aliphatic heterocycles. The summed E-state index contributed by atoms with van der Waals surface area (Å²) < 4.78 is 19.3. The summed E-state index contributed by atoms with van der Waals surface area (Å²) in [5, 5.41) is 0. The summed E-state index contributed by atoms with van der Waals surface area (Å²) in [6.45, 7) is 20.2. The van der Waals surface area contributed by atoms with Gasteiger partial charge in [0.2, 0.25) is 0 Å². The van der Waals surface area contributed by atoms with Crippen molar-refractivity contribution in [2.75, 3.05) is 6.54 Å². The third-order valence-corrected chi connectivity index (χ3v) is 13.8. The quantitative estimate of drug-likeness (QED) is 0.688. The van der Waals surface area contributed by atoms with Crippen LogP contribution in [0.1, 0.15) is 0 Å². The van der Waals surface area contributed by atoms with Crippen LogP contribution in [0.5, 0.6) is 0 Å². The molecule has 0 spiro atoms. The van der Waals surface area contributed by atoms with E-state index in [1.54, 1.807) is 0 Å². The van der Waals surface area contributed by atoms with Crippen molar-refractivity contribution in [1.82, 2.24) is 0 Å². The Hall–Kier alpha value is 0.708. The average molecular weight is 340 g/mol. The fourth-order valence-electron chi connectivity index (χ4n) is 1.79. The first kappa shape index (κ1) is 19.7. The number of hydrogen-bond acceptors (Lipinski definition) is 4. The topological polar surface area (TPSA) is 53.7 Å². The lowest BCUT2D eigenvalue weighted by Crippen LogP contribution is -2.61. The van der Waals surface area contributed by atoms with E-state index in [9.17, 15) is 0 Å². The van der Waals surface area contributed by atoms with E-state index in [0.717, 1.165) is 6.04 Å². The molecule has 0 heterocycles. The molecule has 0 saturated heterocycles. The molecule has 0 bridgehead atoms. The number of rotatable bonds is 8. The Morgan fingerprint density at radius 3 is 1.05 bits per heavy atom. The third kappa shape index (κ3) is 10.1. The highest BCUT2D eigenvalue weighted by molar-refractivity contribution is 6.90. The van der Waals surface area contributed by atoms with Crippen molar-refractivity contribution in [3.05, 3.63) is 0 Å². The van der Waals surface area contributed by atoms with Gasteiger partial charge in [-0.1, -0.05) is 0 Å². The van der Waals surface area contributed by atoms with Crippen LogP contribution in [0.25, 0.3) is 0 Å². The lowest BCUT2D eigenvalue weighted by atomic mass is 10.8. The van der Waals surface area contributed by atoms with Crippen molar-refractivity contribution >= 4 is 33.8 Å². The fourth-order valence-corrected chi connectivity index (χ4v) is 16.2. The van der Waals surface area contributed by atoms with Crippen LogP contribution in [0.2, 0.25) is 65.0 Å². The summed E-state index contributed by atoms with van der Waals surface area (Å²) in [5.41, 5.74) is 5.81. The van der Waals surface area contributed by atoms with Crippen molar-refractivity contribution in [3.8, 4) is 0 Å².